The Kier molecular flexibility index (Phi) is 4.84. The molecule has 0 amide bonds. The SMILES string of the molecule is CC(Br)CC1CCCCN1c1ncc(Cl)cc1F. The minimum Gasteiger partial charge on any atom is -0.351 e. The summed E-state index contributed by atoms with van der Waals surface area (Å²) in [6.07, 6.45) is 5.92. The number of hydrogen-bond acceptors (Lipinski definition) is 2. The minimum absolute atomic E-state index is 0.323. The van der Waals surface area contributed by atoms with Crippen LogP contribution in [-0.4, -0.2) is 22.4 Å². The van der Waals surface area contributed by atoms with Gasteiger partial charge < -0.3 is 4.90 Å². The molecule has 1 aliphatic rings. The summed E-state index contributed by atoms with van der Waals surface area (Å²) in [7, 11) is 0. The third-order valence-corrected chi connectivity index (χ3v) is 3.86. The highest BCUT2D eigenvalue weighted by Gasteiger charge is 2.26. The van der Waals surface area contributed by atoms with Crippen molar-refractivity contribution in [1.29, 1.82) is 0 Å². The molecule has 1 aromatic rings. The summed E-state index contributed by atoms with van der Waals surface area (Å²) in [6.45, 7) is 2.99. The van der Waals surface area contributed by atoms with Crippen molar-refractivity contribution < 1.29 is 4.39 Å². The molecule has 100 valence electrons. The maximum absolute atomic E-state index is 13.9. The number of anilines is 1. The van der Waals surface area contributed by atoms with Crippen LogP contribution in [0.4, 0.5) is 10.2 Å². The molecule has 0 bridgehead atoms. The fourth-order valence-electron chi connectivity index (χ4n) is 2.52. The van der Waals surface area contributed by atoms with E-state index in [-0.39, 0.29) is 5.82 Å². The zero-order valence-electron chi connectivity index (χ0n) is 10.4. The molecule has 2 heterocycles. The molecule has 2 rings (SSSR count). The van der Waals surface area contributed by atoms with Crippen molar-refractivity contribution in [3.63, 3.8) is 0 Å². The van der Waals surface area contributed by atoms with Crippen molar-refractivity contribution in [2.45, 2.75) is 43.5 Å². The van der Waals surface area contributed by atoms with Crippen molar-refractivity contribution in [3.8, 4) is 0 Å². The summed E-state index contributed by atoms with van der Waals surface area (Å²) in [5.74, 6) is 0.119. The van der Waals surface area contributed by atoms with Gasteiger partial charge in [0.15, 0.2) is 11.6 Å². The van der Waals surface area contributed by atoms with Gasteiger partial charge in [-0.2, -0.15) is 0 Å². The van der Waals surface area contributed by atoms with Gasteiger partial charge in [-0.25, -0.2) is 9.37 Å². The Morgan fingerprint density at radius 3 is 3.06 bits per heavy atom. The molecule has 0 N–H and O–H groups in total. The lowest BCUT2D eigenvalue weighted by molar-refractivity contribution is 0.429. The van der Waals surface area contributed by atoms with Crippen LogP contribution in [0, 0.1) is 5.82 Å². The Morgan fingerprint density at radius 2 is 2.39 bits per heavy atom. The summed E-state index contributed by atoms with van der Waals surface area (Å²) >= 11 is 9.33. The van der Waals surface area contributed by atoms with E-state index in [1.165, 1.54) is 18.7 Å². The first-order valence-electron chi connectivity index (χ1n) is 6.29. The molecule has 1 aliphatic heterocycles. The van der Waals surface area contributed by atoms with E-state index in [1.807, 2.05) is 0 Å². The van der Waals surface area contributed by atoms with E-state index in [0.717, 1.165) is 25.8 Å². The normalized spacial score (nSPS) is 22.0. The van der Waals surface area contributed by atoms with Crippen LogP contribution >= 0.6 is 27.5 Å². The van der Waals surface area contributed by atoms with E-state index in [0.29, 0.717) is 21.7 Å². The monoisotopic (exact) mass is 334 g/mol. The van der Waals surface area contributed by atoms with Crippen molar-refractivity contribution in [2.75, 3.05) is 11.4 Å². The van der Waals surface area contributed by atoms with Crippen molar-refractivity contribution in [2.24, 2.45) is 0 Å². The number of nitrogens with zero attached hydrogens (tertiary/aromatic N) is 2. The Hall–Kier alpha value is -0.350. The van der Waals surface area contributed by atoms with Crippen molar-refractivity contribution in [3.05, 3.63) is 23.1 Å². The Balaban J connectivity index is 2.22. The van der Waals surface area contributed by atoms with E-state index in [9.17, 15) is 4.39 Å². The molecule has 2 nitrogen and oxygen atoms in total. The summed E-state index contributed by atoms with van der Waals surface area (Å²) < 4.78 is 13.9. The standard InChI is InChI=1S/C13H17BrClFN2/c1-9(14)6-11-4-2-3-5-18(11)13-12(16)7-10(15)8-17-13/h7-9,11H,2-6H2,1H3. The number of piperidine rings is 1. The van der Waals surface area contributed by atoms with Gasteiger partial charge in [-0.15, -0.1) is 0 Å². The molecular weight excluding hydrogens is 319 g/mol. The van der Waals surface area contributed by atoms with Crippen molar-refractivity contribution >= 4 is 33.3 Å². The number of alkyl halides is 1. The maximum atomic E-state index is 13.9. The van der Waals surface area contributed by atoms with Crippen LogP contribution < -0.4 is 4.90 Å². The van der Waals surface area contributed by atoms with Crippen LogP contribution in [0.2, 0.25) is 5.02 Å². The molecule has 1 fully saturated rings. The summed E-state index contributed by atoms with van der Waals surface area (Å²) in [5, 5.41) is 0.346. The molecule has 0 spiro atoms. The molecule has 1 saturated heterocycles. The molecule has 0 saturated carbocycles. The number of halogens is 3. The van der Waals surface area contributed by atoms with Gasteiger partial charge in [0.1, 0.15) is 0 Å². The highest BCUT2D eigenvalue weighted by atomic mass is 79.9. The van der Waals surface area contributed by atoms with Gasteiger partial charge in [0.2, 0.25) is 0 Å². The maximum Gasteiger partial charge on any atom is 0.167 e. The quantitative estimate of drug-likeness (QED) is 0.761. The first-order valence-corrected chi connectivity index (χ1v) is 7.59. The van der Waals surface area contributed by atoms with Gasteiger partial charge in [-0.1, -0.05) is 34.5 Å². The van der Waals surface area contributed by atoms with Gasteiger partial charge in [0, 0.05) is 23.6 Å². The fourth-order valence-corrected chi connectivity index (χ4v) is 3.09. The summed E-state index contributed by atoms with van der Waals surface area (Å²) in [6, 6.07) is 1.70. The third kappa shape index (κ3) is 3.35. The first kappa shape index (κ1) is 14.1. The van der Waals surface area contributed by atoms with Crippen molar-refractivity contribution in [1.82, 2.24) is 4.98 Å². The van der Waals surface area contributed by atoms with E-state index in [2.05, 4.69) is 32.7 Å². The second-order valence-corrected chi connectivity index (χ2v) is 6.82. The molecule has 18 heavy (non-hydrogen) atoms. The number of rotatable bonds is 3. The fraction of sp³-hybridized carbons (Fsp3) is 0.615. The second-order valence-electron chi connectivity index (χ2n) is 4.82. The average Bonchev–Trinajstić information content (AvgIpc) is 2.30. The smallest absolute Gasteiger partial charge is 0.167 e. The molecule has 2 unspecified atom stereocenters. The number of aromatic nitrogens is 1. The number of pyridine rings is 1. The molecule has 0 aliphatic carbocycles. The highest BCUT2D eigenvalue weighted by molar-refractivity contribution is 9.09. The Bertz CT molecular complexity index is 414. The van der Waals surface area contributed by atoms with E-state index >= 15 is 0 Å². The molecule has 2 atom stereocenters. The zero-order valence-corrected chi connectivity index (χ0v) is 12.7. The van der Waals surface area contributed by atoms with Crippen LogP contribution in [0.1, 0.15) is 32.6 Å². The second kappa shape index (κ2) is 6.20. The third-order valence-electron chi connectivity index (χ3n) is 3.28. The topological polar surface area (TPSA) is 16.1 Å². The Labute approximate surface area is 121 Å². The van der Waals surface area contributed by atoms with E-state index < -0.39 is 0 Å². The predicted octanol–water partition coefficient (Wildman–Crippen LogP) is 4.41. The predicted molar refractivity (Wildman–Crippen MR) is 77.2 cm³/mol. The lowest BCUT2D eigenvalue weighted by atomic mass is 9.98. The van der Waals surface area contributed by atoms with E-state index in [1.54, 1.807) is 0 Å². The van der Waals surface area contributed by atoms with Gasteiger partial charge >= 0.3 is 0 Å². The van der Waals surface area contributed by atoms with Crippen LogP contribution in [0.5, 0.6) is 0 Å². The Morgan fingerprint density at radius 1 is 1.61 bits per heavy atom. The summed E-state index contributed by atoms with van der Waals surface area (Å²) in [5.41, 5.74) is 0. The van der Waals surface area contributed by atoms with Crippen LogP contribution in [-0.2, 0) is 0 Å². The molecule has 0 radical (unpaired) electrons. The van der Waals surface area contributed by atoms with Gasteiger partial charge in [-0.3, -0.25) is 0 Å². The molecule has 5 heteroatoms. The van der Waals surface area contributed by atoms with Gasteiger partial charge in [0.05, 0.1) is 5.02 Å². The average molecular weight is 336 g/mol. The summed E-state index contributed by atoms with van der Waals surface area (Å²) in [4.78, 5) is 6.68. The number of hydrogen-bond donors (Lipinski definition) is 0. The molecular formula is C13H17BrClFN2. The zero-order chi connectivity index (χ0) is 13.1. The molecule has 0 aromatic carbocycles. The van der Waals surface area contributed by atoms with Crippen LogP contribution in [0.3, 0.4) is 0 Å². The van der Waals surface area contributed by atoms with Crippen LogP contribution in [0.15, 0.2) is 12.3 Å². The van der Waals surface area contributed by atoms with E-state index in [4.69, 9.17) is 11.6 Å². The highest BCUT2D eigenvalue weighted by Crippen LogP contribution is 2.29. The largest absolute Gasteiger partial charge is 0.351 e. The lowest BCUT2D eigenvalue weighted by Gasteiger charge is -2.37. The van der Waals surface area contributed by atoms with Gasteiger partial charge in [0.25, 0.3) is 0 Å². The first-order chi connectivity index (χ1) is 8.58. The lowest BCUT2D eigenvalue weighted by Crippen LogP contribution is -2.41. The van der Waals surface area contributed by atoms with Crippen LogP contribution in [0.25, 0.3) is 0 Å². The van der Waals surface area contributed by atoms with Gasteiger partial charge in [-0.05, 0) is 31.7 Å². The minimum atomic E-state index is -0.323. The molecule has 1 aromatic heterocycles.